The Morgan fingerprint density at radius 3 is 3.00 bits per heavy atom. The summed E-state index contributed by atoms with van der Waals surface area (Å²) in [5.41, 5.74) is 8.51. The van der Waals surface area contributed by atoms with Gasteiger partial charge in [0.15, 0.2) is 0 Å². The van der Waals surface area contributed by atoms with E-state index in [4.69, 9.17) is 10.5 Å². The summed E-state index contributed by atoms with van der Waals surface area (Å²) < 4.78 is 5.18. The summed E-state index contributed by atoms with van der Waals surface area (Å²) in [5.74, 6) is 0.824. The first-order chi connectivity index (χ1) is 7.24. The van der Waals surface area contributed by atoms with Gasteiger partial charge >= 0.3 is 0 Å². The number of methoxy groups -OCH3 is 1. The molecule has 1 aliphatic rings. The number of hydrogen-bond donors (Lipinski definition) is 2. The lowest BCUT2D eigenvalue weighted by molar-refractivity contribution is -0.115. The molecule has 4 nitrogen and oxygen atoms in total. The molecule has 4 heteroatoms. The van der Waals surface area contributed by atoms with Crippen LogP contribution in [0.4, 0.5) is 5.69 Å². The van der Waals surface area contributed by atoms with Gasteiger partial charge in [-0.15, -0.1) is 0 Å². The summed E-state index contributed by atoms with van der Waals surface area (Å²) in [4.78, 5) is 11.3. The lowest BCUT2D eigenvalue weighted by atomic mass is 10.0. The maximum Gasteiger partial charge on any atom is 0.228 e. The molecule has 15 heavy (non-hydrogen) atoms. The molecule has 3 N–H and O–H groups in total. The van der Waals surface area contributed by atoms with Crippen molar-refractivity contribution in [1.82, 2.24) is 0 Å². The van der Waals surface area contributed by atoms with Crippen LogP contribution < -0.4 is 15.8 Å². The molecule has 1 aromatic carbocycles. The third kappa shape index (κ3) is 1.80. The molecule has 0 aliphatic carbocycles. The number of carbonyl (C=O) groups is 1. The zero-order chi connectivity index (χ0) is 10.8. The fourth-order valence-corrected chi connectivity index (χ4v) is 1.86. The van der Waals surface area contributed by atoms with E-state index in [1.54, 1.807) is 7.11 Å². The number of carbonyl (C=O) groups excluding carboxylic acids is 1. The standard InChI is InChI=1S/C11H14N2O2/c1-15-9-4-7(2-3-12)11-8(5-9)6-10(14)13-11/h4-5H,2-3,6,12H2,1H3,(H,13,14). The van der Waals surface area contributed by atoms with Crippen molar-refractivity contribution in [3.63, 3.8) is 0 Å². The maximum atomic E-state index is 11.3. The van der Waals surface area contributed by atoms with Gasteiger partial charge in [0.05, 0.1) is 13.5 Å². The van der Waals surface area contributed by atoms with Gasteiger partial charge < -0.3 is 15.8 Å². The van der Waals surface area contributed by atoms with Gasteiger partial charge in [-0.25, -0.2) is 0 Å². The lowest BCUT2D eigenvalue weighted by Gasteiger charge is -2.09. The number of nitrogens with two attached hydrogens (primary N) is 1. The minimum absolute atomic E-state index is 0.0384. The molecule has 2 rings (SSSR count). The number of anilines is 1. The van der Waals surface area contributed by atoms with Crippen molar-refractivity contribution in [2.45, 2.75) is 12.8 Å². The highest BCUT2D eigenvalue weighted by Gasteiger charge is 2.21. The van der Waals surface area contributed by atoms with Crippen molar-refractivity contribution < 1.29 is 9.53 Å². The molecule has 1 heterocycles. The first-order valence-corrected chi connectivity index (χ1v) is 4.94. The number of benzene rings is 1. The van der Waals surface area contributed by atoms with Crippen LogP contribution in [0.3, 0.4) is 0 Å². The second kappa shape index (κ2) is 3.90. The highest BCUT2D eigenvalue weighted by molar-refractivity contribution is 6.00. The Morgan fingerprint density at radius 1 is 1.53 bits per heavy atom. The van der Waals surface area contributed by atoms with Crippen LogP contribution in [0.15, 0.2) is 12.1 Å². The van der Waals surface area contributed by atoms with Crippen molar-refractivity contribution in [1.29, 1.82) is 0 Å². The van der Waals surface area contributed by atoms with Crippen molar-refractivity contribution in [2.24, 2.45) is 5.73 Å². The Hall–Kier alpha value is -1.55. The molecular formula is C11H14N2O2. The monoisotopic (exact) mass is 206 g/mol. The second-order valence-corrected chi connectivity index (χ2v) is 3.58. The largest absolute Gasteiger partial charge is 0.497 e. The van der Waals surface area contributed by atoms with Crippen LogP contribution in [0, 0.1) is 0 Å². The third-order valence-electron chi connectivity index (χ3n) is 2.54. The summed E-state index contributed by atoms with van der Waals surface area (Å²) in [6, 6.07) is 3.82. The number of rotatable bonds is 3. The molecule has 0 radical (unpaired) electrons. The zero-order valence-electron chi connectivity index (χ0n) is 8.67. The average Bonchev–Trinajstić information content (AvgIpc) is 2.58. The maximum absolute atomic E-state index is 11.3. The summed E-state index contributed by atoms with van der Waals surface area (Å²) >= 11 is 0. The van der Waals surface area contributed by atoms with Crippen LogP contribution in [-0.2, 0) is 17.6 Å². The van der Waals surface area contributed by atoms with Crippen LogP contribution in [0.2, 0.25) is 0 Å². The Balaban J connectivity index is 2.44. The molecule has 0 saturated carbocycles. The lowest BCUT2D eigenvalue weighted by Crippen LogP contribution is -2.08. The topological polar surface area (TPSA) is 64.3 Å². The fraction of sp³-hybridized carbons (Fsp3) is 0.364. The molecule has 1 aromatic rings. The summed E-state index contributed by atoms with van der Waals surface area (Å²) in [6.45, 7) is 0.565. The Labute approximate surface area is 88.4 Å². The van der Waals surface area contributed by atoms with Crippen LogP contribution in [0.25, 0.3) is 0 Å². The van der Waals surface area contributed by atoms with Crippen molar-refractivity contribution in [2.75, 3.05) is 19.0 Å². The highest BCUT2D eigenvalue weighted by atomic mass is 16.5. The summed E-state index contributed by atoms with van der Waals surface area (Å²) in [6.07, 6.45) is 1.18. The first kappa shape index (κ1) is 9.98. The molecule has 0 fully saturated rings. The van der Waals surface area contributed by atoms with E-state index < -0.39 is 0 Å². The predicted molar refractivity (Wildman–Crippen MR) is 58.1 cm³/mol. The van der Waals surface area contributed by atoms with E-state index in [1.807, 2.05) is 12.1 Å². The van der Waals surface area contributed by atoms with Crippen LogP contribution >= 0.6 is 0 Å². The van der Waals surface area contributed by atoms with Gasteiger partial charge in [0.1, 0.15) is 5.75 Å². The van der Waals surface area contributed by atoms with E-state index in [2.05, 4.69) is 5.32 Å². The van der Waals surface area contributed by atoms with E-state index in [-0.39, 0.29) is 5.91 Å². The first-order valence-electron chi connectivity index (χ1n) is 4.94. The number of hydrogen-bond acceptors (Lipinski definition) is 3. The van der Waals surface area contributed by atoms with E-state index in [1.165, 1.54) is 0 Å². The molecule has 0 bridgehead atoms. The number of amides is 1. The average molecular weight is 206 g/mol. The minimum Gasteiger partial charge on any atom is -0.497 e. The zero-order valence-corrected chi connectivity index (χ0v) is 8.67. The molecule has 0 unspecified atom stereocenters. The van der Waals surface area contributed by atoms with E-state index in [0.29, 0.717) is 13.0 Å². The Morgan fingerprint density at radius 2 is 2.33 bits per heavy atom. The molecule has 0 atom stereocenters. The van der Waals surface area contributed by atoms with Gasteiger partial charge in [0.25, 0.3) is 0 Å². The van der Waals surface area contributed by atoms with Gasteiger partial charge in [-0.05, 0) is 36.2 Å². The van der Waals surface area contributed by atoms with Crippen LogP contribution in [0.1, 0.15) is 11.1 Å². The number of fused-ring (bicyclic) bond motifs is 1. The molecule has 0 spiro atoms. The van der Waals surface area contributed by atoms with Crippen molar-refractivity contribution in [3.05, 3.63) is 23.3 Å². The van der Waals surface area contributed by atoms with Crippen LogP contribution in [0.5, 0.6) is 5.75 Å². The fourth-order valence-electron chi connectivity index (χ4n) is 1.86. The molecule has 80 valence electrons. The molecular weight excluding hydrogens is 192 g/mol. The molecule has 1 aliphatic heterocycles. The smallest absolute Gasteiger partial charge is 0.228 e. The van der Waals surface area contributed by atoms with Crippen molar-refractivity contribution >= 4 is 11.6 Å². The SMILES string of the molecule is COc1cc(CCN)c2c(c1)CC(=O)N2. The normalized spacial score (nSPS) is 13.6. The quantitative estimate of drug-likeness (QED) is 0.764. The Bertz CT molecular complexity index is 402. The van der Waals surface area contributed by atoms with Crippen molar-refractivity contribution in [3.8, 4) is 5.75 Å². The molecule has 0 aromatic heterocycles. The second-order valence-electron chi connectivity index (χ2n) is 3.58. The number of nitrogens with one attached hydrogen (secondary N) is 1. The van der Waals surface area contributed by atoms with Crippen LogP contribution in [-0.4, -0.2) is 19.6 Å². The molecule has 1 amide bonds. The van der Waals surface area contributed by atoms with E-state index in [9.17, 15) is 4.79 Å². The minimum atomic E-state index is 0.0384. The van der Waals surface area contributed by atoms with Gasteiger partial charge in [0.2, 0.25) is 5.91 Å². The Kier molecular flexibility index (Phi) is 2.60. The van der Waals surface area contributed by atoms with E-state index in [0.717, 1.165) is 29.0 Å². The van der Waals surface area contributed by atoms with Gasteiger partial charge in [0, 0.05) is 5.69 Å². The van der Waals surface area contributed by atoms with Gasteiger partial charge in [-0.3, -0.25) is 4.79 Å². The number of ether oxygens (including phenoxy) is 1. The predicted octanol–water partition coefficient (Wildman–Crippen LogP) is 0.691. The summed E-state index contributed by atoms with van der Waals surface area (Å²) in [7, 11) is 1.62. The van der Waals surface area contributed by atoms with E-state index >= 15 is 0 Å². The third-order valence-corrected chi connectivity index (χ3v) is 2.54. The summed E-state index contributed by atoms with van der Waals surface area (Å²) in [5, 5.41) is 2.85. The van der Waals surface area contributed by atoms with Gasteiger partial charge in [-0.2, -0.15) is 0 Å². The highest BCUT2D eigenvalue weighted by Crippen LogP contribution is 2.31. The molecule has 0 saturated heterocycles. The van der Waals surface area contributed by atoms with Gasteiger partial charge in [-0.1, -0.05) is 0 Å².